The maximum Gasteiger partial charge on any atom is 0.435 e. The lowest BCUT2D eigenvalue weighted by atomic mass is 10.2. The molecule has 2 aromatic heterocycles. The van der Waals surface area contributed by atoms with Crippen molar-refractivity contribution in [1.82, 2.24) is 25.3 Å². The van der Waals surface area contributed by atoms with Crippen LogP contribution in [0.4, 0.5) is 30.7 Å². The molecule has 0 saturated carbocycles. The fourth-order valence-corrected chi connectivity index (χ4v) is 2.55. The van der Waals surface area contributed by atoms with E-state index in [2.05, 4.69) is 25.3 Å². The average molecular weight is 463 g/mol. The first kappa shape index (κ1) is 23.0. The molecular formula is C18H12F7N5O2. The number of amides is 1. The Kier molecular flexibility index (Phi) is 6.32. The summed E-state index contributed by atoms with van der Waals surface area (Å²) in [5, 5.41) is 8.73. The minimum absolute atomic E-state index is 0.00964. The predicted octanol–water partition coefficient (Wildman–Crippen LogP) is 3.69. The van der Waals surface area contributed by atoms with Gasteiger partial charge in [-0.3, -0.25) is 4.79 Å². The summed E-state index contributed by atoms with van der Waals surface area (Å²) >= 11 is 0. The van der Waals surface area contributed by atoms with Gasteiger partial charge in [0.05, 0.1) is 5.69 Å². The van der Waals surface area contributed by atoms with Crippen molar-refractivity contribution in [2.75, 3.05) is 6.61 Å². The van der Waals surface area contributed by atoms with E-state index in [4.69, 9.17) is 0 Å². The van der Waals surface area contributed by atoms with E-state index >= 15 is 0 Å². The molecule has 1 amide bonds. The second-order valence-electron chi connectivity index (χ2n) is 6.23. The first-order valence-corrected chi connectivity index (χ1v) is 8.66. The van der Waals surface area contributed by atoms with Gasteiger partial charge in [-0.25, -0.2) is 14.1 Å². The molecular weight excluding hydrogens is 451 g/mol. The van der Waals surface area contributed by atoms with Crippen LogP contribution in [0.3, 0.4) is 0 Å². The van der Waals surface area contributed by atoms with E-state index in [0.717, 1.165) is 30.5 Å². The number of nitrogens with zero attached hydrogens (tertiary/aromatic N) is 4. The molecule has 7 nitrogen and oxygen atoms in total. The number of carbonyl (C=O) groups is 1. The molecule has 0 unspecified atom stereocenters. The Bertz CT molecular complexity index is 1090. The van der Waals surface area contributed by atoms with Gasteiger partial charge in [-0.1, -0.05) is 11.3 Å². The lowest BCUT2D eigenvalue weighted by molar-refractivity contribution is -0.154. The van der Waals surface area contributed by atoms with Gasteiger partial charge in [0, 0.05) is 18.3 Å². The molecule has 32 heavy (non-hydrogen) atoms. The van der Waals surface area contributed by atoms with Crippen molar-refractivity contribution in [3.8, 4) is 11.6 Å². The highest BCUT2D eigenvalue weighted by Gasteiger charge is 2.42. The number of aromatic nitrogens is 4. The third kappa shape index (κ3) is 5.50. The highest BCUT2D eigenvalue weighted by Crippen LogP contribution is 2.33. The first-order valence-electron chi connectivity index (χ1n) is 8.66. The van der Waals surface area contributed by atoms with Crippen molar-refractivity contribution in [2.45, 2.75) is 18.9 Å². The summed E-state index contributed by atoms with van der Waals surface area (Å²) in [7, 11) is 0. The summed E-state index contributed by atoms with van der Waals surface area (Å²) in [5.74, 6) is -2.44. The number of pyridine rings is 1. The topological polar surface area (TPSA) is 81.9 Å². The number of benzene rings is 1. The van der Waals surface area contributed by atoms with E-state index in [9.17, 15) is 35.5 Å². The van der Waals surface area contributed by atoms with Crippen molar-refractivity contribution >= 4 is 5.91 Å². The van der Waals surface area contributed by atoms with Crippen LogP contribution in [-0.2, 0) is 12.7 Å². The van der Waals surface area contributed by atoms with E-state index in [-0.39, 0.29) is 11.3 Å². The molecule has 0 spiro atoms. The van der Waals surface area contributed by atoms with Gasteiger partial charge in [-0.05, 0) is 30.3 Å². The number of hydrogen-bond acceptors (Lipinski definition) is 5. The molecule has 3 aromatic rings. The molecule has 0 atom stereocenters. The molecule has 0 aliphatic rings. The molecule has 14 heteroatoms. The highest BCUT2D eigenvalue weighted by atomic mass is 19.4. The first-order chi connectivity index (χ1) is 15.0. The Morgan fingerprint density at radius 2 is 1.75 bits per heavy atom. The van der Waals surface area contributed by atoms with E-state index in [1.807, 2.05) is 0 Å². The normalized spacial score (nSPS) is 12.0. The third-order valence-corrected chi connectivity index (χ3v) is 3.89. The number of rotatable bonds is 6. The van der Waals surface area contributed by atoms with Crippen LogP contribution >= 0.6 is 0 Å². The van der Waals surface area contributed by atoms with E-state index in [1.165, 1.54) is 12.1 Å². The summed E-state index contributed by atoms with van der Waals surface area (Å²) in [6.07, 6.45) is -8.55. The van der Waals surface area contributed by atoms with Crippen molar-refractivity contribution in [1.29, 1.82) is 0 Å². The van der Waals surface area contributed by atoms with Gasteiger partial charge < -0.3 is 10.1 Å². The van der Waals surface area contributed by atoms with E-state index < -0.39 is 54.5 Å². The molecule has 0 fully saturated rings. The molecule has 1 N–H and O–H groups in total. The fourth-order valence-electron chi connectivity index (χ4n) is 2.55. The molecule has 0 radical (unpaired) electrons. The Morgan fingerprint density at radius 3 is 2.38 bits per heavy atom. The van der Waals surface area contributed by atoms with Crippen LogP contribution in [0.1, 0.15) is 21.7 Å². The Morgan fingerprint density at radius 1 is 1.06 bits per heavy atom. The summed E-state index contributed by atoms with van der Waals surface area (Å²) in [6, 6.07) is 6.46. The Hall–Kier alpha value is -3.71. The molecule has 2 heterocycles. The highest BCUT2D eigenvalue weighted by molar-refractivity contribution is 5.93. The summed E-state index contributed by atoms with van der Waals surface area (Å²) < 4.78 is 95.9. The number of hydrogen-bond donors (Lipinski definition) is 1. The Labute approximate surface area is 174 Å². The number of alkyl halides is 6. The number of nitrogens with one attached hydrogen (secondary N) is 1. The van der Waals surface area contributed by atoms with Gasteiger partial charge in [0.25, 0.3) is 5.91 Å². The molecule has 1 aromatic carbocycles. The molecule has 3 rings (SSSR count). The van der Waals surface area contributed by atoms with Crippen LogP contribution < -0.4 is 10.1 Å². The number of ether oxygens (including phenoxy) is 1. The van der Waals surface area contributed by atoms with Crippen molar-refractivity contribution in [2.24, 2.45) is 0 Å². The lowest BCUT2D eigenvalue weighted by Gasteiger charge is -2.13. The van der Waals surface area contributed by atoms with Crippen molar-refractivity contribution < 1.29 is 40.3 Å². The molecule has 0 bridgehead atoms. The van der Waals surface area contributed by atoms with Crippen molar-refractivity contribution in [3.05, 3.63) is 65.4 Å². The Balaban J connectivity index is 1.83. The molecule has 0 saturated heterocycles. The minimum atomic E-state index is -5.06. The number of halogens is 7. The summed E-state index contributed by atoms with van der Waals surface area (Å²) in [4.78, 5) is 16.0. The van der Waals surface area contributed by atoms with Gasteiger partial charge in [-0.2, -0.15) is 26.3 Å². The summed E-state index contributed by atoms with van der Waals surface area (Å²) in [5.41, 5.74) is -2.80. The van der Waals surface area contributed by atoms with Gasteiger partial charge in [0.2, 0.25) is 5.88 Å². The number of carbonyl (C=O) groups excluding carboxylic acids is 1. The van der Waals surface area contributed by atoms with Crippen LogP contribution in [0.15, 0.2) is 42.6 Å². The van der Waals surface area contributed by atoms with Crippen LogP contribution in [0, 0.1) is 5.82 Å². The SMILES string of the molecule is O=C(NCc1cccnc1OCC(F)(F)F)c1nnn(-c2ccc(F)cc2)c1C(F)(F)F. The predicted molar refractivity (Wildman–Crippen MR) is 93.3 cm³/mol. The fraction of sp³-hybridized carbons (Fsp3) is 0.222. The maximum absolute atomic E-state index is 13.6. The monoisotopic (exact) mass is 463 g/mol. The van der Waals surface area contributed by atoms with Gasteiger partial charge in [0.1, 0.15) is 5.82 Å². The zero-order chi connectivity index (χ0) is 23.5. The largest absolute Gasteiger partial charge is 0.468 e. The lowest BCUT2D eigenvalue weighted by Crippen LogP contribution is -2.27. The molecule has 0 aliphatic carbocycles. The van der Waals surface area contributed by atoms with E-state index in [0.29, 0.717) is 4.68 Å². The summed E-state index contributed by atoms with van der Waals surface area (Å²) in [6.45, 7) is -2.14. The average Bonchev–Trinajstić information content (AvgIpc) is 3.17. The third-order valence-electron chi connectivity index (χ3n) is 3.89. The second kappa shape index (κ2) is 8.80. The van der Waals surface area contributed by atoms with E-state index in [1.54, 1.807) is 0 Å². The standard InChI is InChI=1S/C18H12F7N5O2/c19-11-3-5-12(6-4-11)30-14(18(23,24)25)13(28-29-30)15(31)27-8-10-2-1-7-26-16(10)32-9-17(20,21)22/h1-7H,8-9H2,(H,27,31). The van der Waals surface area contributed by atoms with Crippen LogP contribution in [-0.4, -0.2) is 38.7 Å². The van der Waals surface area contributed by atoms with Crippen molar-refractivity contribution in [3.63, 3.8) is 0 Å². The van der Waals surface area contributed by atoms with Gasteiger partial charge in [0.15, 0.2) is 18.0 Å². The van der Waals surface area contributed by atoms with Crippen LogP contribution in [0.25, 0.3) is 5.69 Å². The van der Waals surface area contributed by atoms with Crippen LogP contribution in [0.5, 0.6) is 5.88 Å². The van der Waals surface area contributed by atoms with Crippen LogP contribution in [0.2, 0.25) is 0 Å². The maximum atomic E-state index is 13.6. The molecule has 0 aliphatic heterocycles. The minimum Gasteiger partial charge on any atom is -0.468 e. The quantitative estimate of drug-likeness (QED) is 0.564. The second-order valence-corrected chi connectivity index (χ2v) is 6.23. The zero-order valence-electron chi connectivity index (χ0n) is 15.7. The van der Waals surface area contributed by atoms with Gasteiger partial charge >= 0.3 is 12.4 Å². The zero-order valence-corrected chi connectivity index (χ0v) is 15.7. The molecule has 170 valence electrons. The smallest absolute Gasteiger partial charge is 0.435 e. The van der Waals surface area contributed by atoms with Gasteiger partial charge in [-0.15, -0.1) is 5.10 Å².